The van der Waals surface area contributed by atoms with Gasteiger partial charge in [0.15, 0.2) is 11.6 Å². The van der Waals surface area contributed by atoms with Crippen molar-refractivity contribution in [2.24, 2.45) is 0 Å². The number of aromatic hydroxyl groups is 1. The second-order valence-electron chi connectivity index (χ2n) is 13.6. The lowest BCUT2D eigenvalue weighted by atomic mass is 9.89. The molecule has 9 nitrogen and oxygen atoms in total. The SMILES string of the molecule is CCc1c(F)ccc2cc(O)cc(-c3c(F)cc4c(N5C(=O)NCC56CCCNC6)nc(OC[C@@]56CCCN5C[C@H](F)C6)nc4c3F)c12. The number of phenols is 1. The predicted molar refractivity (Wildman–Crippen MR) is 173 cm³/mol. The quantitative estimate of drug-likeness (QED) is 0.226. The number of phenolic OH excluding ortho intramolecular Hbond substituents is 1. The number of halogens is 4. The third-order valence-corrected chi connectivity index (χ3v) is 10.8. The third kappa shape index (κ3) is 4.76. The molecular weight excluding hydrogens is 628 g/mol. The largest absolute Gasteiger partial charge is 0.508 e. The highest BCUT2D eigenvalue weighted by Gasteiger charge is 2.50. The molecule has 1 spiro atoms. The van der Waals surface area contributed by atoms with Crippen LogP contribution in [0, 0.1) is 17.5 Å². The first kappa shape index (κ1) is 31.1. The van der Waals surface area contributed by atoms with Crippen LogP contribution in [0.4, 0.5) is 28.2 Å². The van der Waals surface area contributed by atoms with Crippen LogP contribution in [0.15, 0.2) is 30.3 Å². The van der Waals surface area contributed by atoms with Crippen LogP contribution in [0.5, 0.6) is 11.8 Å². The molecule has 2 amide bonds. The maximum Gasteiger partial charge on any atom is 0.323 e. The van der Waals surface area contributed by atoms with Gasteiger partial charge < -0.3 is 20.5 Å². The lowest BCUT2D eigenvalue weighted by molar-refractivity contribution is 0.107. The van der Waals surface area contributed by atoms with Crippen molar-refractivity contribution in [2.45, 2.75) is 62.7 Å². The first-order valence-electron chi connectivity index (χ1n) is 16.6. The number of anilines is 1. The molecule has 4 fully saturated rings. The van der Waals surface area contributed by atoms with Gasteiger partial charge in [-0.1, -0.05) is 13.0 Å². The normalized spacial score (nSPS) is 25.8. The molecule has 13 heteroatoms. The summed E-state index contributed by atoms with van der Waals surface area (Å²) in [4.78, 5) is 26.1. The van der Waals surface area contributed by atoms with Crippen LogP contribution < -0.4 is 20.3 Å². The van der Waals surface area contributed by atoms with E-state index in [9.17, 15) is 14.3 Å². The van der Waals surface area contributed by atoms with Crippen LogP contribution in [0.25, 0.3) is 32.8 Å². The van der Waals surface area contributed by atoms with Gasteiger partial charge in [-0.15, -0.1) is 0 Å². The molecule has 0 saturated carbocycles. The number of alkyl halides is 1. The van der Waals surface area contributed by atoms with Crippen molar-refractivity contribution < 1.29 is 32.2 Å². The summed E-state index contributed by atoms with van der Waals surface area (Å²) in [6, 6.07) is 5.75. The molecule has 8 rings (SSSR count). The second-order valence-corrected chi connectivity index (χ2v) is 13.6. The summed E-state index contributed by atoms with van der Waals surface area (Å²) in [6.45, 7) is 4.36. The monoisotopic (exact) mass is 664 g/mol. The van der Waals surface area contributed by atoms with Gasteiger partial charge in [0.05, 0.1) is 16.6 Å². The number of nitrogens with zero attached hydrogens (tertiary/aromatic N) is 4. The molecular formula is C35H36F4N6O3. The van der Waals surface area contributed by atoms with E-state index in [1.165, 1.54) is 29.2 Å². The number of rotatable bonds is 6. The first-order chi connectivity index (χ1) is 23.1. The fourth-order valence-electron chi connectivity index (χ4n) is 8.56. The Morgan fingerprint density at radius 3 is 2.73 bits per heavy atom. The van der Waals surface area contributed by atoms with Crippen LogP contribution in [-0.4, -0.2) is 82.6 Å². The van der Waals surface area contributed by atoms with Crippen molar-refractivity contribution in [3.8, 4) is 22.9 Å². The average molecular weight is 665 g/mol. The molecule has 3 N–H and O–H groups in total. The van der Waals surface area contributed by atoms with Crippen molar-refractivity contribution in [2.75, 3.05) is 44.2 Å². The summed E-state index contributed by atoms with van der Waals surface area (Å²) in [5.41, 5.74) is -1.89. The van der Waals surface area contributed by atoms with Gasteiger partial charge >= 0.3 is 12.0 Å². The number of aromatic nitrogens is 2. The van der Waals surface area contributed by atoms with Gasteiger partial charge in [-0.2, -0.15) is 9.97 Å². The van der Waals surface area contributed by atoms with Gasteiger partial charge in [-0.25, -0.2) is 22.4 Å². The van der Waals surface area contributed by atoms with Gasteiger partial charge in [0.2, 0.25) is 0 Å². The molecule has 0 radical (unpaired) electrons. The highest BCUT2D eigenvalue weighted by Crippen LogP contribution is 2.44. The Hall–Kier alpha value is -4.23. The molecule has 48 heavy (non-hydrogen) atoms. The summed E-state index contributed by atoms with van der Waals surface area (Å²) < 4.78 is 69.2. The highest BCUT2D eigenvalue weighted by atomic mass is 19.1. The molecule has 4 saturated heterocycles. The number of piperidine rings is 1. The zero-order valence-electron chi connectivity index (χ0n) is 26.5. The van der Waals surface area contributed by atoms with Crippen LogP contribution in [0.2, 0.25) is 0 Å². The fourth-order valence-corrected chi connectivity index (χ4v) is 8.56. The Morgan fingerprint density at radius 2 is 1.94 bits per heavy atom. The highest BCUT2D eigenvalue weighted by molar-refractivity contribution is 6.06. The number of nitrogens with one attached hydrogen (secondary N) is 2. The topological polar surface area (TPSA) is 103 Å². The molecule has 1 unspecified atom stereocenters. The molecule has 3 atom stereocenters. The van der Waals surface area contributed by atoms with Crippen LogP contribution in [0.1, 0.15) is 44.6 Å². The predicted octanol–water partition coefficient (Wildman–Crippen LogP) is 5.74. The van der Waals surface area contributed by atoms with E-state index in [-0.39, 0.29) is 58.0 Å². The van der Waals surface area contributed by atoms with E-state index in [0.29, 0.717) is 37.9 Å². The third-order valence-electron chi connectivity index (χ3n) is 10.8. The number of aryl methyl sites for hydroxylation is 1. The van der Waals surface area contributed by atoms with Gasteiger partial charge in [0, 0.05) is 31.4 Å². The zero-order chi connectivity index (χ0) is 33.4. The Kier molecular flexibility index (Phi) is 7.40. The summed E-state index contributed by atoms with van der Waals surface area (Å²) in [6.07, 6.45) is 2.55. The second kappa shape index (κ2) is 11.4. The van der Waals surface area contributed by atoms with Crippen molar-refractivity contribution in [1.82, 2.24) is 25.5 Å². The number of hydrogen-bond acceptors (Lipinski definition) is 7. The van der Waals surface area contributed by atoms with Crippen molar-refractivity contribution in [3.05, 3.63) is 53.3 Å². The standard InChI is InChI=1S/C35H36F4N6O3/c1-2-22-25(37)6-5-19-11-21(46)12-23(27(19)22)28-26(38)13-24-30(29(28)39)42-32(48-18-34-8-4-10-44(34)15-20(36)14-34)43-31(24)45-33(47)41-17-35(45)7-3-9-40-16-35/h5-6,11-13,20,40,46H,2-4,7-10,14-18H2,1H3,(H,41,47)/t20-,34+,35?/m1/s1. The van der Waals surface area contributed by atoms with E-state index in [4.69, 9.17) is 4.74 Å². The number of hydrogen-bond donors (Lipinski definition) is 3. The number of urea groups is 1. The number of amides is 2. The molecule has 252 valence electrons. The van der Waals surface area contributed by atoms with E-state index >= 15 is 13.2 Å². The lowest BCUT2D eigenvalue weighted by Gasteiger charge is -2.40. The Labute approximate surface area is 274 Å². The molecule has 5 heterocycles. The van der Waals surface area contributed by atoms with Crippen LogP contribution >= 0.6 is 0 Å². The first-order valence-corrected chi connectivity index (χ1v) is 16.6. The van der Waals surface area contributed by atoms with Crippen molar-refractivity contribution in [3.63, 3.8) is 0 Å². The van der Waals surface area contributed by atoms with E-state index in [2.05, 4.69) is 25.5 Å². The summed E-state index contributed by atoms with van der Waals surface area (Å²) in [7, 11) is 0. The van der Waals surface area contributed by atoms with E-state index in [1.54, 1.807) is 6.92 Å². The van der Waals surface area contributed by atoms with Gasteiger partial charge in [0.25, 0.3) is 0 Å². The van der Waals surface area contributed by atoms with E-state index in [0.717, 1.165) is 38.4 Å². The Balaban J connectivity index is 1.34. The molecule has 1 aromatic heterocycles. The fraction of sp³-hybridized carbons (Fsp3) is 0.457. The molecule has 0 bridgehead atoms. The minimum atomic E-state index is -1.07. The smallest absolute Gasteiger partial charge is 0.323 e. The number of benzene rings is 3. The van der Waals surface area contributed by atoms with Crippen molar-refractivity contribution >= 4 is 33.5 Å². The average Bonchev–Trinajstić information content (AvgIpc) is 3.69. The number of fused-ring (bicyclic) bond motifs is 3. The minimum Gasteiger partial charge on any atom is -0.508 e. The summed E-state index contributed by atoms with van der Waals surface area (Å²) >= 11 is 0. The number of carbonyl (C=O) groups is 1. The minimum absolute atomic E-state index is 0.00493. The van der Waals surface area contributed by atoms with E-state index in [1.807, 2.05) is 0 Å². The summed E-state index contributed by atoms with van der Waals surface area (Å²) in [5.74, 6) is -2.85. The van der Waals surface area contributed by atoms with E-state index < -0.39 is 46.3 Å². The molecule has 4 aromatic rings. The van der Waals surface area contributed by atoms with Crippen molar-refractivity contribution in [1.29, 1.82) is 0 Å². The molecule has 0 aliphatic carbocycles. The lowest BCUT2D eigenvalue weighted by Crippen LogP contribution is -2.57. The molecule has 4 aliphatic rings. The number of carbonyl (C=O) groups excluding carboxylic acids is 1. The zero-order valence-corrected chi connectivity index (χ0v) is 26.5. The van der Waals surface area contributed by atoms with Gasteiger partial charge in [-0.05, 0) is 91.4 Å². The van der Waals surface area contributed by atoms with Gasteiger partial charge in [0.1, 0.15) is 35.7 Å². The molecule has 3 aromatic carbocycles. The van der Waals surface area contributed by atoms with Crippen LogP contribution in [-0.2, 0) is 6.42 Å². The van der Waals surface area contributed by atoms with Gasteiger partial charge in [-0.3, -0.25) is 9.80 Å². The summed E-state index contributed by atoms with van der Waals surface area (Å²) in [5, 5.41) is 17.5. The van der Waals surface area contributed by atoms with Crippen LogP contribution in [0.3, 0.4) is 0 Å². The maximum absolute atomic E-state index is 17.0. The Morgan fingerprint density at radius 1 is 1.08 bits per heavy atom. The molecule has 4 aliphatic heterocycles. The number of ether oxygens (including phenoxy) is 1. The maximum atomic E-state index is 17.0. The Bertz CT molecular complexity index is 1970.